The average molecular weight is 366 g/mol. The summed E-state index contributed by atoms with van der Waals surface area (Å²) in [6, 6.07) is 15.9. The quantitative estimate of drug-likeness (QED) is 0.536. The highest BCUT2D eigenvalue weighted by Crippen LogP contribution is 2.31. The summed E-state index contributed by atoms with van der Waals surface area (Å²) in [6.45, 7) is 0. The molecule has 0 aliphatic rings. The lowest BCUT2D eigenvalue weighted by atomic mass is 10.1. The molecular weight excluding hydrogens is 354 g/mol. The minimum atomic E-state index is -0.777. The summed E-state index contributed by atoms with van der Waals surface area (Å²) in [6.07, 6.45) is 0. The standard InChI is InChI=1S/C19H12ClN3O3/c20-17-11-6-2-1-5-10(11)9-13(22-17)19(25)23-15-12-7-3-4-8-14(12)26-16(15)18(21)24/h1-9H,(H2,21,24)(H,23,25). The van der Waals surface area contributed by atoms with E-state index >= 15 is 0 Å². The zero-order valence-electron chi connectivity index (χ0n) is 13.3. The number of halogens is 1. The van der Waals surface area contributed by atoms with Crippen molar-refractivity contribution in [3.8, 4) is 0 Å². The maximum absolute atomic E-state index is 12.7. The SMILES string of the molecule is NC(=O)c1oc2ccccc2c1NC(=O)c1cc2ccccc2c(Cl)n1. The van der Waals surface area contributed by atoms with Crippen molar-refractivity contribution in [2.45, 2.75) is 0 Å². The van der Waals surface area contributed by atoms with E-state index in [1.54, 1.807) is 30.3 Å². The highest BCUT2D eigenvalue weighted by molar-refractivity contribution is 6.34. The van der Waals surface area contributed by atoms with Gasteiger partial charge in [0.15, 0.2) is 0 Å². The Bertz CT molecular complexity index is 1180. The van der Waals surface area contributed by atoms with Gasteiger partial charge in [0.2, 0.25) is 5.76 Å². The van der Waals surface area contributed by atoms with Crippen molar-refractivity contribution in [2.75, 3.05) is 5.32 Å². The van der Waals surface area contributed by atoms with Gasteiger partial charge in [0.25, 0.3) is 11.8 Å². The first kappa shape index (κ1) is 16.1. The molecule has 2 heterocycles. The second kappa shape index (κ2) is 6.16. The topological polar surface area (TPSA) is 98.2 Å². The van der Waals surface area contributed by atoms with Crippen LogP contribution in [0.15, 0.2) is 59.0 Å². The van der Waals surface area contributed by atoms with Gasteiger partial charge in [0.1, 0.15) is 22.1 Å². The summed E-state index contributed by atoms with van der Waals surface area (Å²) >= 11 is 6.18. The Morgan fingerprint density at radius 3 is 2.50 bits per heavy atom. The lowest BCUT2D eigenvalue weighted by Crippen LogP contribution is -2.18. The number of anilines is 1. The largest absolute Gasteiger partial charge is 0.449 e. The molecule has 3 N–H and O–H groups in total. The third kappa shape index (κ3) is 2.66. The van der Waals surface area contributed by atoms with Crippen LogP contribution in [0, 0.1) is 0 Å². The van der Waals surface area contributed by atoms with E-state index in [1.807, 2.05) is 24.3 Å². The Labute approximate surface area is 152 Å². The lowest BCUT2D eigenvalue weighted by Gasteiger charge is -2.07. The van der Waals surface area contributed by atoms with Crippen molar-refractivity contribution in [1.82, 2.24) is 4.98 Å². The molecular formula is C19H12ClN3O3. The van der Waals surface area contributed by atoms with Gasteiger partial charge in [-0.25, -0.2) is 4.98 Å². The fourth-order valence-electron chi connectivity index (χ4n) is 2.79. The van der Waals surface area contributed by atoms with Crippen LogP contribution < -0.4 is 11.1 Å². The van der Waals surface area contributed by atoms with Crippen molar-refractivity contribution in [1.29, 1.82) is 0 Å². The number of furan rings is 1. The van der Waals surface area contributed by atoms with Gasteiger partial charge >= 0.3 is 0 Å². The molecule has 2 aromatic heterocycles. The minimum absolute atomic E-state index is 0.119. The molecule has 7 heteroatoms. The van der Waals surface area contributed by atoms with E-state index in [0.29, 0.717) is 11.0 Å². The van der Waals surface area contributed by atoms with Crippen LogP contribution in [0.4, 0.5) is 5.69 Å². The van der Waals surface area contributed by atoms with Gasteiger partial charge in [0.05, 0.1) is 0 Å². The van der Waals surface area contributed by atoms with Crippen LogP contribution in [0.2, 0.25) is 5.15 Å². The zero-order chi connectivity index (χ0) is 18.3. The van der Waals surface area contributed by atoms with Gasteiger partial charge in [-0.15, -0.1) is 0 Å². The van der Waals surface area contributed by atoms with E-state index in [2.05, 4.69) is 10.3 Å². The molecule has 0 atom stereocenters. The summed E-state index contributed by atoms with van der Waals surface area (Å²) in [5.74, 6) is -1.42. The molecule has 4 rings (SSSR count). The second-order valence-corrected chi connectivity index (χ2v) is 6.00. The Kier molecular flexibility index (Phi) is 3.82. The lowest BCUT2D eigenvalue weighted by molar-refractivity contribution is 0.0977. The van der Waals surface area contributed by atoms with E-state index in [-0.39, 0.29) is 22.3 Å². The number of para-hydroxylation sites is 1. The molecule has 128 valence electrons. The van der Waals surface area contributed by atoms with Crippen LogP contribution >= 0.6 is 11.6 Å². The van der Waals surface area contributed by atoms with Crippen molar-refractivity contribution in [3.05, 3.63) is 71.2 Å². The third-order valence-corrected chi connectivity index (χ3v) is 4.27. The molecule has 0 unspecified atom stereocenters. The highest BCUT2D eigenvalue weighted by atomic mass is 35.5. The van der Waals surface area contributed by atoms with Gasteiger partial charge in [-0.05, 0) is 23.6 Å². The van der Waals surface area contributed by atoms with E-state index in [9.17, 15) is 9.59 Å². The first-order valence-electron chi connectivity index (χ1n) is 7.72. The van der Waals surface area contributed by atoms with Gasteiger partial charge in [-0.3, -0.25) is 9.59 Å². The van der Waals surface area contributed by atoms with Gasteiger partial charge < -0.3 is 15.5 Å². The Hall–Kier alpha value is -3.38. The first-order valence-corrected chi connectivity index (χ1v) is 8.10. The van der Waals surface area contributed by atoms with Crippen molar-refractivity contribution < 1.29 is 14.0 Å². The number of nitrogens with two attached hydrogens (primary N) is 1. The molecule has 6 nitrogen and oxygen atoms in total. The van der Waals surface area contributed by atoms with Crippen LogP contribution in [0.25, 0.3) is 21.7 Å². The summed E-state index contributed by atoms with van der Waals surface area (Å²) in [7, 11) is 0. The van der Waals surface area contributed by atoms with Gasteiger partial charge in [-0.1, -0.05) is 48.0 Å². The summed E-state index contributed by atoms with van der Waals surface area (Å²) < 4.78 is 5.46. The molecule has 0 saturated heterocycles. The molecule has 0 aliphatic carbocycles. The smallest absolute Gasteiger partial charge is 0.286 e. The van der Waals surface area contributed by atoms with Crippen LogP contribution in [-0.2, 0) is 0 Å². The number of fused-ring (bicyclic) bond motifs is 2. The van der Waals surface area contributed by atoms with E-state index < -0.39 is 11.8 Å². The van der Waals surface area contributed by atoms with Crippen LogP contribution in [0.5, 0.6) is 0 Å². The van der Waals surface area contributed by atoms with E-state index in [4.69, 9.17) is 21.8 Å². The molecule has 0 fully saturated rings. The molecule has 0 radical (unpaired) electrons. The number of nitrogens with zero attached hydrogens (tertiary/aromatic N) is 1. The summed E-state index contributed by atoms with van der Waals surface area (Å²) in [5, 5.41) is 4.99. The monoisotopic (exact) mass is 365 g/mol. The number of hydrogen-bond acceptors (Lipinski definition) is 4. The van der Waals surface area contributed by atoms with Crippen molar-refractivity contribution in [3.63, 3.8) is 0 Å². The third-order valence-electron chi connectivity index (χ3n) is 3.98. The maximum atomic E-state index is 12.7. The number of nitrogens with one attached hydrogen (secondary N) is 1. The van der Waals surface area contributed by atoms with Crippen LogP contribution in [0.1, 0.15) is 21.0 Å². The normalized spacial score (nSPS) is 11.0. The molecule has 0 saturated carbocycles. The average Bonchev–Trinajstić information content (AvgIpc) is 3.00. The molecule has 0 spiro atoms. The fourth-order valence-corrected chi connectivity index (χ4v) is 3.06. The predicted molar refractivity (Wildman–Crippen MR) is 99.4 cm³/mol. The van der Waals surface area contributed by atoms with Crippen LogP contribution in [0.3, 0.4) is 0 Å². The second-order valence-electron chi connectivity index (χ2n) is 5.64. The maximum Gasteiger partial charge on any atom is 0.286 e. The molecule has 0 bridgehead atoms. The number of carbonyl (C=O) groups is 2. The molecule has 26 heavy (non-hydrogen) atoms. The van der Waals surface area contributed by atoms with Gasteiger partial charge in [-0.2, -0.15) is 0 Å². The Balaban J connectivity index is 1.78. The minimum Gasteiger partial charge on any atom is -0.449 e. The molecule has 0 aliphatic heterocycles. The number of rotatable bonds is 3. The number of primary amides is 1. The number of carbonyl (C=O) groups excluding carboxylic acids is 2. The number of pyridine rings is 1. The summed E-state index contributed by atoms with van der Waals surface area (Å²) in [4.78, 5) is 28.5. The highest BCUT2D eigenvalue weighted by Gasteiger charge is 2.21. The number of benzene rings is 2. The van der Waals surface area contributed by atoms with E-state index in [0.717, 1.165) is 10.8 Å². The number of aromatic nitrogens is 1. The number of amides is 2. The molecule has 4 aromatic rings. The Morgan fingerprint density at radius 2 is 1.73 bits per heavy atom. The van der Waals surface area contributed by atoms with Crippen LogP contribution in [-0.4, -0.2) is 16.8 Å². The predicted octanol–water partition coefficient (Wildman–Crippen LogP) is 3.99. The molecule has 2 aromatic carbocycles. The zero-order valence-corrected chi connectivity index (χ0v) is 14.1. The Morgan fingerprint density at radius 1 is 1.04 bits per heavy atom. The fraction of sp³-hybridized carbons (Fsp3) is 0. The van der Waals surface area contributed by atoms with Gasteiger partial charge in [0, 0.05) is 10.8 Å². The summed E-state index contributed by atoms with van der Waals surface area (Å²) in [5.41, 5.74) is 6.15. The van der Waals surface area contributed by atoms with Crippen molar-refractivity contribution >= 4 is 50.8 Å². The first-order chi connectivity index (χ1) is 12.5. The van der Waals surface area contributed by atoms with Crippen molar-refractivity contribution in [2.24, 2.45) is 5.73 Å². The molecule has 2 amide bonds. The number of hydrogen-bond donors (Lipinski definition) is 2. The van der Waals surface area contributed by atoms with E-state index in [1.165, 1.54) is 0 Å².